The van der Waals surface area contributed by atoms with Crippen molar-refractivity contribution in [1.29, 1.82) is 5.26 Å². The number of nitrogens with zero attached hydrogens (tertiary/aromatic N) is 1. The highest BCUT2D eigenvalue weighted by Gasteiger charge is 2.14. The van der Waals surface area contributed by atoms with E-state index in [2.05, 4.69) is 0 Å². The molecule has 0 radical (unpaired) electrons. The zero-order valence-electron chi connectivity index (χ0n) is 9.56. The first-order chi connectivity index (χ1) is 9.11. The summed E-state index contributed by atoms with van der Waals surface area (Å²) >= 11 is 0. The molecule has 0 fully saturated rings. The van der Waals surface area contributed by atoms with Gasteiger partial charge in [0.25, 0.3) is 0 Å². The highest BCUT2D eigenvalue weighted by Crippen LogP contribution is 2.18. The van der Waals surface area contributed by atoms with E-state index in [0.29, 0.717) is 0 Å². The predicted octanol–water partition coefficient (Wildman–Crippen LogP) is 3.06. The molecule has 0 aliphatic carbocycles. The monoisotopic (exact) mass is 259 g/mol. The van der Waals surface area contributed by atoms with Gasteiger partial charge in [0.1, 0.15) is 23.5 Å². The van der Waals surface area contributed by atoms with E-state index < -0.39 is 17.6 Å². The van der Waals surface area contributed by atoms with Crippen molar-refractivity contribution >= 4 is 5.97 Å². The van der Waals surface area contributed by atoms with Crippen molar-refractivity contribution in [2.45, 2.75) is 0 Å². The number of hydrogen-bond donors (Lipinski definition) is 0. The summed E-state index contributed by atoms with van der Waals surface area (Å²) in [6.45, 7) is 0. The molecule has 2 rings (SSSR count). The lowest BCUT2D eigenvalue weighted by molar-refractivity contribution is 0.0729. The van der Waals surface area contributed by atoms with Gasteiger partial charge >= 0.3 is 5.97 Å². The fourth-order valence-corrected chi connectivity index (χ4v) is 1.44. The van der Waals surface area contributed by atoms with E-state index in [0.717, 1.165) is 12.1 Å². The first kappa shape index (κ1) is 12.7. The highest BCUT2D eigenvalue weighted by molar-refractivity contribution is 5.91. The molecule has 5 heteroatoms. The van der Waals surface area contributed by atoms with Gasteiger partial charge in [0, 0.05) is 6.07 Å². The Morgan fingerprint density at radius 1 is 1.11 bits per heavy atom. The van der Waals surface area contributed by atoms with E-state index in [-0.39, 0.29) is 16.9 Å². The molecule has 0 aromatic heterocycles. The Hall–Kier alpha value is -2.74. The molecule has 3 nitrogen and oxygen atoms in total. The summed E-state index contributed by atoms with van der Waals surface area (Å²) < 4.78 is 31.5. The molecule has 0 aliphatic rings. The lowest BCUT2D eigenvalue weighted by atomic mass is 10.2. The molecule has 0 bridgehead atoms. The number of ether oxygens (including phenoxy) is 1. The zero-order valence-corrected chi connectivity index (χ0v) is 9.56. The lowest BCUT2D eigenvalue weighted by Crippen LogP contribution is -2.10. The Kier molecular flexibility index (Phi) is 3.53. The summed E-state index contributed by atoms with van der Waals surface area (Å²) in [5.41, 5.74) is -0.405. The van der Waals surface area contributed by atoms with Gasteiger partial charge in [0.2, 0.25) is 0 Å². The molecule has 2 aromatic rings. The Bertz CT molecular complexity index is 677. The average molecular weight is 259 g/mol. The second kappa shape index (κ2) is 5.27. The predicted molar refractivity (Wildman–Crippen MR) is 62.5 cm³/mol. The minimum Gasteiger partial charge on any atom is -0.423 e. The standard InChI is InChI=1S/C14H7F2NO2/c15-12-4-2-1-3-11(12)14(18)19-10-6-5-9(8-17)13(16)7-10/h1-7H. The topological polar surface area (TPSA) is 50.1 Å². The van der Waals surface area contributed by atoms with Crippen LogP contribution in [0.3, 0.4) is 0 Å². The van der Waals surface area contributed by atoms with Crippen LogP contribution >= 0.6 is 0 Å². The number of hydrogen-bond acceptors (Lipinski definition) is 3. The van der Waals surface area contributed by atoms with Crippen LogP contribution in [0.4, 0.5) is 8.78 Å². The van der Waals surface area contributed by atoms with E-state index >= 15 is 0 Å². The minimum atomic E-state index is -0.929. The van der Waals surface area contributed by atoms with Crippen molar-refractivity contribution in [3.05, 3.63) is 65.2 Å². The Morgan fingerprint density at radius 2 is 1.84 bits per heavy atom. The van der Waals surface area contributed by atoms with E-state index in [1.165, 1.54) is 30.3 Å². The van der Waals surface area contributed by atoms with Crippen molar-refractivity contribution in [3.63, 3.8) is 0 Å². The van der Waals surface area contributed by atoms with Crippen LogP contribution in [0.25, 0.3) is 0 Å². The van der Waals surface area contributed by atoms with Crippen molar-refractivity contribution in [2.75, 3.05) is 0 Å². The van der Waals surface area contributed by atoms with Gasteiger partial charge in [-0.05, 0) is 24.3 Å². The number of carbonyl (C=O) groups is 1. The van der Waals surface area contributed by atoms with Crippen LogP contribution in [0.2, 0.25) is 0 Å². The Balaban J connectivity index is 2.23. The molecule has 0 heterocycles. The van der Waals surface area contributed by atoms with Crippen LogP contribution in [0.15, 0.2) is 42.5 Å². The van der Waals surface area contributed by atoms with E-state index in [1.54, 1.807) is 6.07 Å². The van der Waals surface area contributed by atoms with Crippen LogP contribution < -0.4 is 4.74 Å². The third-order valence-electron chi connectivity index (χ3n) is 2.37. The van der Waals surface area contributed by atoms with Crippen LogP contribution in [0, 0.1) is 23.0 Å². The summed E-state index contributed by atoms with van der Waals surface area (Å²) in [5, 5.41) is 8.56. The smallest absolute Gasteiger partial charge is 0.346 e. The molecule has 0 saturated heterocycles. The van der Waals surface area contributed by atoms with Gasteiger partial charge in [0.05, 0.1) is 11.1 Å². The molecule has 0 saturated carbocycles. The average Bonchev–Trinajstić information content (AvgIpc) is 2.39. The molecule has 0 atom stereocenters. The van der Waals surface area contributed by atoms with E-state index in [9.17, 15) is 13.6 Å². The summed E-state index contributed by atoms with van der Waals surface area (Å²) in [4.78, 5) is 11.7. The number of benzene rings is 2. The first-order valence-electron chi connectivity index (χ1n) is 5.28. The summed E-state index contributed by atoms with van der Waals surface area (Å²) in [6, 6.07) is 10.3. The summed E-state index contributed by atoms with van der Waals surface area (Å²) in [6.07, 6.45) is 0. The maximum absolute atomic E-state index is 13.3. The Labute approximate surface area is 107 Å². The second-order valence-electron chi connectivity index (χ2n) is 3.62. The second-order valence-corrected chi connectivity index (χ2v) is 3.62. The maximum atomic E-state index is 13.3. The van der Waals surface area contributed by atoms with E-state index in [1.807, 2.05) is 0 Å². The van der Waals surface area contributed by atoms with Crippen LogP contribution in [0.5, 0.6) is 5.75 Å². The van der Waals surface area contributed by atoms with Gasteiger partial charge in [0.15, 0.2) is 0 Å². The lowest BCUT2D eigenvalue weighted by Gasteiger charge is -2.05. The highest BCUT2D eigenvalue weighted by atomic mass is 19.1. The molecule has 0 aliphatic heterocycles. The molecule has 2 aromatic carbocycles. The van der Waals surface area contributed by atoms with Crippen molar-refractivity contribution in [3.8, 4) is 11.8 Å². The van der Waals surface area contributed by atoms with Gasteiger partial charge < -0.3 is 4.74 Å². The fraction of sp³-hybridized carbons (Fsp3) is 0. The fourth-order valence-electron chi connectivity index (χ4n) is 1.44. The van der Waals surface area contributed by atoms with Crippen LogP contribution in [-0.2, 0) is 0 Å². The molecule has 94 valence electrons. The third-order valence-corrected chi connectivity index (χ3v) is 2.37. The molecular formula is C14H7F2NO2. The van der Waals surface area contributed by atoms with Gasteiger partial charge in [-0.1, -0.05) is 12.1 Å². The summed E-state index contributed by atoms with van der Waals surface area (Å²) in [7, 11) is 0. The molecule has 0 N–H and O–H groups in total. The van der Waals surface area contributed by atoms with E-state index in [4.69, 9.17) is 10.00 Å². The molecular weight excluding hydrogens is 252 g/mol. The zero-order chi connectivity index (χ0) is 13.8. The first-order valence-corrected chi connectivity index (χ1v) is 5.28. The number of rotatable bonds is 2. The molecule has 0 spiro atoms. The maximum Gasteiger partial charge on any atom is 0.346 e. The van der Waals surface area contributed by atoms with Crippen LogP contribution in [0.1, 0.15) is 15.9 Å². The Morgan fingerprint density at radius 3 is 2.47 bits per heavy atom. The SMILES string of the molecule is N#Cc1ccc(OC(=O)c2ccccc2F)cc1F. The van der Waals surface area contributed by atoms with Gasteiger partial charge in [-0.15, -0.1) is 0 Å². The minimum absolute atomic E-state index is 0.0928. The van der Waals surface area contributed by atoms with Crippen molar-refractivity contribution in [1.82, 2.24) is 0 Å². The normalized spacial score (nSPS) is 9.74. The van der Waals surface area contributed by atoms with Crippen LogP contribution in [-0.4, -0.2) is 5.97 Å². The van der Waals surface area contributed by atoms with Crippen molar-refractivity contribution < 1.29 is 18.3 Å². The quantitative estimate of drug-likeness (QED) is 0.615. The number of nitriles is 1. The van der Waals surface area contributed by atoms with Gasteiger partial charge in [-0.2, -0.15) is 5.26 Å². The third kappa shape index (κ3) is 2.75. The number of carbonyl (C=O) groups excluding carboxylic acids is 1. The summed E-state index contributed by atoms with van der Waals surface area (Å²) in [5.74, 6) is -2.55. The number of halogens is 2. The number of esters is 1. The van der Waals surface area contributed by atoms with Crippen molar-refractivity contribution in [2.24, 2.45) is 0 Å². The van der Waals surface area contributed by atoms with Gasteiger partial charge in [-0.25, -0.2) is 13.6 Å². The molecule has 0 amide bonds. The molecule has 0 unspecified atom stereocenters. The largest absolute Gasteiger partial charge is 0.423 e. The molecule has 19 heavy (non-hydrogen) atoms. The van der Waals surface area contributed by atoms with Gasteiger partial charge in [-0.3, -0.25) is 0 Å².